The lowest BCUT2D eigenvalue weighted by molar-refractivity contribution is -0.138. The molecule has 1 rings (SSSR count). The zero-order chi connectivity index (χ0) is 12.9. The maximum atomic E-state index is 11.5. The summed E-state index contributed by atoms with van der Waals surface area (Å²) in [6, 6.07) is 1.18. The van der Waals surface area contributed by atoms with Gasteiger partial charge in [0, 0.05) is 11.6 Å². The first-order chi connectivity index (χ1) is 7.89. The number of nitrogens with zero attached hydrogens (tertiary/aromatic N) is 1. The highest BCUT2D eigenvalue weighted by atomic mass is 16.5. The molecule has 94 valence electrons. The topological polar surface area (TPSA) is 104 Å². The van der Waals surface area contributed by atoms with Crippen molar-refractivity contribution in [2.24, 2.45) is 0 Å². The van der Waals surface area contributed by atoms with Crippen LogP contribution in [0.15, 0.2) is 16.9 Å². The molecule has 0 aliphatic rings. The number of aromatic nitrogens is 1. The molecule has 2 amide bonds. The number of nitrogens with one attached hydrogen (secondary N) is 2. The van der Waals surface area contributed by atoms with Crippen molar-refractivity contribution in [1.82, 2.24) is 15.8 Å². The summed E-state index contributed by atoms with van der Waals surface area (Å²) < 4.78 is 4.60. The maximum absolute atomic E-state index is 11.5. The molecule has 0 fully saturated rings. The predicted molar refractivity (Wildman–Crippen MR) is 58.2 cm³/mol. The first-order valence-electron chi connectivity index (χ1n) is 5.06. The Morgan fingerprint density at radius 2 is 2.24 bits per heavy atom. The largest absolute Gasteiger partial charge is 0.481 e. The van der Waals surface area contributed by atoms with Gasteiger partial charge in [-0.2, -0.15) is 0 Å². The number of hydrogen-bond donors (Lipinski definition) is 3. The van der Waals surface area contributed by atoms with Crippen molar-refractivity contribution in [3.8, 4) is 0 Å². The van der Waals surface area contributed by atoms with Gasteiger partial charge in [-0.05, 0) is 13.8 Å². The first kappa shape index (κ1) is 13.0. The molecule has 7 heteroatoms. The van der Waals surface area contributed by atoms with Crippen LogP contribution in [-0.2, 0) is 11.3 Å². The van der Waals surface area contributed by atoms with E-state index in [0.29, 0.717) is 5.69 Å². The second-order valence-corrected chi connectivity index (χ2v) is 4.25. The van der Waals surface area contributed by atoms with E-state index < -0.39 is 17.5 Å². The van der Waals surface area contributed by atoms with Crippen molar-refractivity contribution in [3.05, 3.63) is 18.0 Å². The highest BCUT2D eigenvalue weighted by Crippen LogP contribution is 2.07. The molecule has 1 heterocycles. The molecule has 1 aromatic rings. The molecule has 0 spiro atoms. The van der Waals surface area contributed by atoms with E-state index in [-0.39, 0.29) is 13.0 Å². The smallest absolute Gasteiger partial charge is 0.315 e. The van der Waals surface area contributed by atoms with E-state index in [9.17, 15) is 9.59 Å². The van der Waals surface area contributed by atoms with Crippen molar-refractivity contribution in [3.63, 3.8) is 0 Å². The van der Waals surface area contributed by atoms with Crippen molar-refractivity contribution in [2.75, 3.05) is 0 Å². The molecule has 0 saturated heterocycles. The number of carbonyl (C=O) groups excluding carboxylic acids is 1. The van der Waals surface area contributed by atoms with Crippen LogP contribution in [0.5, 0.6) is 0 Å². The minimum absolute atomic E-state index is 0.148. The molecule has 0 aromatic carbocycles. The molecule has 0 radical (unpaired) electrons. The fourth-order valence-electron chi connectivity index (χ4n) is 1.27. The number of urea groups is 1. The van der Waals surface area contributed by atoms with Crippen molar-refractivity contribution < 1.29 is 19.2 Å². The standard InChI is InChI=1S/C10H15N3O4/c1-10(2,5-8(14)15)12-9(16)11-6-7-3-4-17-13-7/h3-4H,5-6H2,1-2H3,(H,14,15)(H2,11,12,16). The Bertz CT molecular complexity index is 386. The Labute approximate surface area is 98.2 Å². The van der Waals surface area contributed by atoms with E-state index in [1.807, 2.05) is 0 Å². The van der Waals surface area contributed by atoms with Crippen molar-refractivity contribution in [2.45, 2.75) is 32.4 Å². The van der Waals surface area contributed by atoms with Crippen LogP contribution >= 0.6 is 0 Å². The van der Waals surface area contributed by atoms with Crippen LogP contribution < -0.4 is 10.6 Å². The van der Waals surface area contributed by atoms with Gasteiger partial charge in [-0.3, -0.25) is 4.79 Å². The zero-order valence-corrected chi connectivity index (χ0v) is 9.69. The van der Waals surface area contributed by atoms with Gasteiger partial charge in [0.15, 0.2) is 0 Å². The lowest BCUT2D eigenvalue weighted by Crippen LogP contribution is -2.49. The number of carboxylic acid groups (broad SMARTS) is 1. The van der Waals surface area contributed by atoms with Gasteiger partial charge in [-0.1, -0.05) is 5.16 Å². The van der Waals surface area contributed by atoms with Crippen molar-refractivity contribution in [1.29, 1.82) is 0 Å². The first-order valence-corrected chi connectivity index (χ1v) is 5.06. The number of rotatable bonds is 5. The molecule has 0 unspecified atom stereocenters. The molecule has 0 aliphatic heterocycles. The number of carboxylic acids is 1. The summed E-state index contributed by atoms with van der Waals surface area (Å²) in [5.74, 6) is -0.966. The molecule has 17 heavy (non-hydrogen) atoms. The van der Waals surface area contributed by atoms with Gasteiger partial charge >= 0.3 is 12.0 Å². The summed E-state index contributed by atoms with van der Waals surface area (Å²) in [4.78, 5) is 22.0. The molecule has 3 N–H and O–H groups in total. The molecular weight excluding hydrogens is 226 g/mol. The van der Waals surface area contributed by atoms with Gasteiger partial charge in [0.05, 0.1) is 13.0 Å². The van der Waals surface area contributed by atoms with E-state index >= 15 is 0 Å². The van der Waals surface area contributed by atoms with E-state index in [0.717, 1.165) is 0 Å². The zero-order valence-electron chi connectivity index (χ0n) is 9.69. The van der Waals surface area contributed by atoms with Gasteiger partial charge in [0.25, 0.3) is 0 Å². The normalized spacial score (nSPS) is 10.9. The fourth-order valence-corrected chi connectivity index (χ4v) is 1.27. The van der Waals surface area contributed by atoms with Gasteiger partial charge in [-0.15, -0.1) is 0 Å². The Morgan fingerprint density at radius 1 is 1.53 bits per heavy atom. The molecule has 0 bridgehead atoms. The van der Waals surface area contributed by atoms with Crippen LogP contribution in [-0.4, -0.2) is 27.8 Å². The molecule has 0 atom stereocenters. The number of amides is 2. The van der Waals surface area contributed by atoms with Crippen molar-refractivity contribution >= 4 is 12.0 Å². The molecule has 0 saturated carbocycles. The molecule has 7 nitrogen and oxygen atoms in total. The minimum atomic E-state index is -0.966. The number of aliphatic carboxylic acids is 1. The van der Waals surface area contributed by atoms with E-state index in [1.165, 1.54) is 6.26 Å². The Kier molecular flexibility index (Phi) is 4.08. The Morgan fingerprint density at radius 3 is 2.76 bits per heavy atom. The third-order valence-electron chi connectivity index (χ3n) is 1.97. The quantitative estimate of drug-likeness (QED) is 0.704. The SMILES string of the molecule is CC(C)(CC(=O)O)NC(=O)NCc1ccon1. The van der Waals surface area contributed by atoms with E-state index in [4.69, 9.17) is 5.11 Å². The number of hydrogen-bond acceptors (Lipinski definition) is 4. The van der Waals surface area contributed by atoms with Gasteiger partial charge in [0.2, 0.25) is 0 Å². The lowest BCUT2D eigenvalue weighted by atomic mass is 10.0. The lowest BCUT2D eigenvalue weighted by Gasteiger charge is -2.24. The average molecular weight is 241 g/mol. The van der Waals surface area contributed by atoms with Crippen LogP contribution in [0, 0.1) is 0 Å². The Hall–Kier alpha value is -2.05. The second-order valence-electron chi connectivity index (χ2n) is 4.25. The second kappa shape index (κ2) is 5.33. The van der Waals surface area contributed by atoms with Crippen LogP contribution in [0.3, 0.4) is 0 Å². The molecule has 1 aromatic heterocycles. The van der Waals surface area contributed by atoms with Gasteiger partial charge in [-0.25, -0.2) is 4.79 Å². The van der Waals surface area contributed by atoms with Crippen LogP contribution in [0.25, 0.3) is 0 Å². The summed E-state index contributed by atoms with van der Waals surface area (Å²) in [6.45, 7) is 3.50. The van der Waals surface area contributed by atoms with Crippen LogP contribution in [0.2, 0.25) is 0 Å². The summed E-state index contributed by atoms with van der Waals surface area (Å²) in [7, 11) is 0. The fraction of sp³-hybridized carbons (Fsp3) is 0.500. The predicted octanol–water partition coefficient (Wildman–Crippen LogP) is 0.727. The van der Waals surface area contributed by atoms with Crippen LogP contribution in [0.4, 0.5) is 4.79 Å². The van der Waals surface area contributed by atoms with E-state index in [2.05, 4.69) is 20.3 Å². The molecule has 0 aliphatic carbocycles. The summed E-state index contributed by atoms with van der Waals surface area (Å²) in [6.07, 6.45) is 1.26. The van der Waals surface area contributed by atoms with Crippen LogP contribution in [0.1, 0.15) is 26.0 Å². The highest BCUT2D eigenvalue weighted by Gasteiger charge is 2.23. The molecular formula is C10H15N3O4. The highest BCUT2D eigenvalue weighted by molar-refractivity contribution is 5.76. The third kappa shape index (κ3) is 5.01. The monoisotopic (exact) mass is 241 g/mol. The summed E-state index contributed by atoms with van der Waals surface area (Å²) in [5, 5.41) is 17.4. The maximum Gasteiger partial charge on any atom is 0.315 e. The number of carbonyl (C=O) groups is 2. The van der Waals surface area contributed by atoms with Gasteiger partial charge < -0.3 is 20.3 Å². The Balaban J connectivity index is 2.36. The van der Waals surface area contributed by atoms with E-state index in [1.54, 1.807) is 19.9 Å². The van der Waals surface area contributed by atoms with Gasteiger partial charge in [0.1, 0.15) is 12.0 Å². The summed E-state index contributed by atoms with van der Waals surface area (Å²) in [5.41, 5.74) is -0.212. The third-order valence-corrected chi connectivity index (χ3v) is 1.97. The minimum Gasteiger partial charge on any atom is -0.481 e. The summed E-state index contributed by atoms with van der Waals surface area (Å²) >= 11 is 0. The average Bonchev–Trinajstić information content (AvgIpc) is 2.63.